The summed E-state index contributed by atoms with van der Waals surface area (Å²) in [4.78, 5) is 15.2. The fourth-order valence-electron chi connectivity index (χ4n) is 1.44. The molecule has 0 aliphatic rings. The molecule has 0 aliphatic heterocycles. The minimum absolute atomic E-state index is 0.207. The summed E-state index contributed by atoms with van der Waals surface area (Å²) in [6, 6.07) is 0.312. The number of nitrogens with one attached hydrogen (secondary N) is 2. The third kappa shape index (κ3) is 2.38. The number of aromatic amines is 1. The lowest BCUT2D eigenvalue weighted by atomic mass is 10.4. The maximum absolute atomic E-state index is 5.82. The molecular formula is C9H12ClN5S. The van der Waals surface area contributed by atoms with Crippen LogP contribution in [-0.4, -0.2) is 38.0 Å². The van der Waals surface area contributed by atoms with E-state index in [1.807, 2.05) is 0 Å². The first-order valence-corrected chi connectivity index (χ1v) is 6.60. The van der Waals surface area contributed by atoms with Crippen LogP contribution in [0.25, 0.3) is 11.2 Å². The van der Waals surface area contributed by atoms with Gasteiger partial charge in [-0.25, -0.2) is 4.98 Å². The summed E-state index contributed by atoms with van der Waals surface area (Å²) in [5, 5.41) is 3.49. The Morgan fingerprint density at radius 1 is 1.56 bits per heavy atom. The van der Waals surface area contributed by atoms with Gasteiger partial charge in [0.2, 0.25) is 5.28 Å². The molecule has 1 unspecified atom stereocenters. The molecule has 5 nitrogen and oxygen atoms in total. The third-order valence-corrected chi connectivity index (χ3v) is 3.06. The molecule has 2 aromatic heterocycles. The zero-order chi connectivity index (χ0) is 11.5. The Hall–Kier alpha value is -1.01. The minimum atomic E-state index is 0.207. The highest BCUT2D eigenvalue weighted by atomic mass is 35.5. The van der Waals surface area contributed by atoms with Gasteiger partial charge in [-0.05, 0) is 24.8 Å². The first kappa shape index (κ1) is 11.5. The molecule has 1 atom stereocenters. The summed E-state index contributed by atoms with van der Waals surface area (Å²) in [6.45, 7) is 2.09. The van der Waals surface area contributed by atoms with E-state index in [-0.39, 0.29) is 5.28 Å². The molecule has 0 fully saturated rings. The SMILES string of the molecule is CSCC(C)Nc1nc(Cl)nc2nc[nH]c12. The van der Waals surface area contributed by atoms with E-state index in [0.717, 1.165) is 11.3 Å². The monoisotopic (exact) mass is 257 g/mol. The smallest absolute Gasteiger partial charge is 0.226 e. The largest absolute Gasteiger partial charge is 0.365 e. The van der Waals surface area contributed by atoms with Gasteiger partial charge >= 0.3 is 0 Å². The molecule has 0 spiro atoms. The molecule has 0 aliphatic carbocycles. The maximum Gasteiger partial charge on any atom is 0.226 e. The highest BCUT2D eigenvalue weighted by Gasteiger charge is 2.10. The van der Waals surface area contributed by atoms with Crippen LogP contribution in [0.3, 0.4) is 0 Å². The average molecular weight is 258 g/mol. The van der Waals surface area contributed by atoms with E-state index in [1.165, 1.54) is 0 Å². The van der Waals surface area contributed by atoms with E-state index in [1.54, 1.807) is 18.1 Å². The number of thioether (sulfide) groups is 1. The number of halogens is 1. The van der Waals surface area contributed by atoms with Gasteiger partial charge < -0.3 is 10.3 Å². The Morgan fingerprint density at radius 3 is 3.12 bits per heavy atom. The van der Waals surface area contributed by atoms with Crippen molar-refractivity contribution in [3.63, 3.8) is 0 Å². The molecule has 16 heavy (non-hydrogen) atoms. The normalized spacial score (nSPS) is 12.9. The predicted molar refractivity (Wildman–Crippen MR) is 68.2 cm³/mol. The number of hydrogen-bond acceptors (Lipinski definition) is 5. The number of fused-ring (bicyclic) bond motifs is 1. The summed E-state index contributed by atoms with van der Waals surface area (Å²) in [6.07, 6.45) is 3.65. The third-order valence-electron chi connectivity index (χ3n) is 2.06. The van der Waals surface area contributed by atoms with E-state index >= 15 is 0 Å². The molecule has 0 radical (unpaired) electrons. The van der Waals surface area contributed by atoms with Crippen molar-refractivity contribution in [2.24, 2.45) is 0 Å². The van der Waals surface area contributed by atoms with Gasteiger partial charge in [-0.3, -0.25) is 0 Å². The summed E-state index contributed by atoms with van der Waals surface area (Å²) in [5.74, 6) is 1.70. The molecule has 0 saturated heterocycles. The fraction of sp³-hybridized carbons (Fsp3) is 0.444. The molecule has 2 N–H and O–H groups in total. The minimum Gasteiger partial charge on any atom is -0.365 e. The van der Waals surface area contributed by atoms with Gasteiger partial charge in [-0.1, -0.05) is 0 Å². The Bertz CT molecular complexity index is 486. The second-order valence-corrected chi connectivity index (χ2v) is 4.69. The molecule has 86 valence electrons. The van der Waals surface area contributed by atoms with Crippen molar-refractivity contribution in [2.45, 2.75) is 13.0 Å². The second kappa shape index (κ2) is 4.88. The maximum atomic E-state index is 5.82. The zero-order valence-corrected chi connectivity index (χ0v) is 10.6. The van der Waals surface area contributed by atoms with Crippen LogP contribution in [-0.2, 0) is 0 Å². The number of rotatable bonds is 4. The van der Waals surface area contributed by atoms with Crippen molar-refractivity contribution < 1.29 is 0 Å². The fourth-order valence-corrected chi connectivity index (χ4v) is 2.18. The summed E-state index contributed by atoms with van der Waals surface area (Å²) in [7, 11) is 0. The quantitative estimate of drug-likeness (QED) is 0.822. The Kier molecular flexibility index (Phi) is 3.50. The van der Waals surface area contributed by atoms with Gasteiger partial charge in [0, 0.05) is 11.8 Å². The summed E-state index contributed by atoms with van der Waals surface area (Å²) in [5.41, 5.74) is 1.37. The lowest BCUT2D eigenvalue weighted by Gasteiger charge is -2.13. The van der Waals surface area contributed by atoms with Crippen molar-refractivity contribution in [2.75, 3.05) is 17.3 Å². The van der Waals surface area contributed by atoms with Gasteiger partial charge in [-0.15, -0.1) is 0 Å². The van der Waals surface area contributed by atoms with Crippen molar-refractivity contribution in [3.8, 4) is 0 Å². The van der Waals surface area contributed by atoms with Gasteiger partial charge in [0.1, 0.15) is 5.52 Å². The number of H-pyrrole nitrogens is 1. The van der Waals surface area contributed by atoms with E-state index in [0.29, 0.717) is 17.5 Å². The number of nitrogens with zero attached hydrogens (tertiary/aromatic N) is 3. The molecule has 0 saturated carbocycles. The Labute approximate surface area is 102 Å². The Morgan fingerprint density at radius 2 is 2.38 bits per heavy atom. The van der Waals surface area contributed by atoms with Crippen molar-refractivity contribution in [1.29, 1.82) is 0 Å². The van der Waals surface area contributed by atoms with Crippen LogP contribution < -0.4 is 5.32 Å². The lowest BCUT2D eigenvalue weighted by Crippen LogP contribution is -2.19. The van der Waals surface area contributed by atoms with Crippen LogP contribution in [0.1, 0.15) is 6.92 Å². The molecule has 2 rings (SSSR count). The predicted octanol–water partition coefficient (Wildman–Crippen LogP) is 2.17. The second-order valence-electron chi connectivity index (χ2n) is 3.44. The first-order valence-electron chi connectivity index (χ1n) is 4.83. The number of imidazole rings is 1. The van der Waals surface area contributed by atoms with E-state index in [2.05, 4.69) is 38.4 Å². The molecule has 2 heterocycles. The summed E-state index contributed by atoms with van der Waals surface area (Å²) >= 11 is 7.60. The lowest BCUT2D eigenvalue weighted by molar-refractivity contribution is 0.903. The molecule has 0 amide bonds. The topological polar surface area (TPSA) is 66.5 Å². The molecule has 0 bridgehead atoms. The highest BCUT2D eigenvalue weighted by molar-refractivity contribution is 7.98. The van der Waals surface area contributed by atoms with Crippen LogP contribution in [0.2, 0.25) is 5.28 Å². The summed E-state index contributed by atoms with van der Waals surface area (Å²) < 4.78 is 0. The van der Waals surface area contributed by atoms with Crippen LogP contribution in [0.4, 0.5) is 5.82 Å². The molecular weight excluding hydrogens is 246 g/mol. The highest BCUT2D eigenvalue weighted by Crippen LogP contribution is 2.19. The van der Waals surface area contributed by atoms with Gasteiger partial charge in [0.15, 0.2) is 11.5 Å². The Balaban J connectivity index is 2.31. The number of hydrogen-bond donors (Lipinski definition) is 2. The van der Waals surface area contributed by atoms with E-state index in [4.69, 9.17) is 11.6 Å². The van der Waals surface area contributed by atoms with E-state index < -0.39 is 0 Å². The molecule has 2 aromatic rings. The van der Waals surface area contributed by atoms with E-state index in [9.17, 15) is 0 Å². The first-order chi connectivity index (χ1) is 7.70. The van der Waals surface area contributed by atoms with Crippen molar-refractivity contribution in [3.05, 3.63) is 11.6 Å². The van der Waals surface area contributed by atoms with Crippen LogP contribution in [0.15, 0.2) is 6.33 Å². The van der Waals surface area contributed by atoms with Gasteiger partial charge in [0.25, 0.3) is 0 Å². The average Bonchev–Trinajstić information content (AvgIpc) is 2.65. The standard InChI is InChI=1S/C9H12ClN5S/c1-5(3-16-2)13-8-6-7(12-4-11-6)14-9(10)15-8/h4-5H,3H2,1-2H3,(H2,11,12,13,14,15). The van der Waals surface area contributed by atoms with Crippen LogP contribution in [0, 0.1) is 0 Å². The van der Waals surface area contributed by atoms with Crippen LogP contribution >= 0.6 is 23.4 Å². The van der Waals surface area contributed by atoms with Gasteiger partial charge in [0.05, 0.1) is 6.33 Å². The zero-order valence-electron chi connectivity index (χ0n) is 8.99. The van der Waals surface area contributed by atoms with Crippen molar-refractivity contribution in [1.82, 2.24) is 19.9 Å². The number of anilines is 1. The number of aromatic nitrogens is 4. The van der Waals surface area contributed by atoms with Crippen molar-refractivity contribution >= 4 is 40.3 Å². The van der Waals surface area contributed by atoms with Crippen LogP contribution in [0.5, 0.6) is 0 Å². The van der Waals surface area contributed by atoms with Gasteiger partial charge in [-0.2, -0.15) is 21.7 Å². The molecule has 0 aromatic carbocycles. The molecule has 7 heteroatoms.